The minimum atomic E-state index is -0.159. The summed E-state index contributed by atoms with van der Waals surface area (Å²) in [6.07, 6.45) is 9.05. The van der Waals surface area contributed by atoms with Gasteiger partial charge in [0.2, 0.25) is 5.91 Å². The molecule has 0 radical (unpaired) electrons. The van der Waals surface area contributed by atoms with Gasteiger partial charge in [-0.15, -0.1) is 0 Å². The summed E-state index contributed by atoms with van der Waals surface area (Å²) in [7, 11) is 0. The maximum absolute atomic E-state index is 14.0. The number of nitrogens with zero attached hydrogens (tertiary/aromatic N) is 1. The van der Waals surface area contributed by atoms with Crippen LogP contribution in [0.2, 0.25) is 0 Å². The molecule has 4 rings (SSSR count). The van der Waals surface area contributed by atoms with Crippen molar-refractivity contribution >= 4 is 23.1 Å². The second-order valence-electron chi connectivity index (χ2n) is 10.3. The fourth-order valence-corrected chi connectivity index (χ4v) is 5.74. The number of ketones is 1. The van der Waals surface area contributed by atoms with Crippen molar-refractivity contribution in [1.82, 2.24) is 4.90 Å². The topological polar surface area (TPSA) is 49.4 Å². The molecular weight excluding hydrogens is 420 g/mol. The van der Waals surface area contributed by atoms with Gasteiger partial charge in [-0.1, -0.05) is 63.4 Å². The van der Waals surface area contributed by atoms with Crippen molar-refractivity contribution < 1.29 is 9.59 Å². The lowest BCUT2D eigenvalue weighted by Crippen LogP contribution is -2.40. The van der Waals surface area contributed by atoms with Crippen molar-refractivity contribution in [2.45, 2.75) is 77.7 Å². The van der Waals surface area contributed by atoms with E-state index in [0.29, 0.717) is 12.3 Å². The summed E-state index contributed by atoms with van der Waals surface area (Å²) in [5, 5.41) is 3.48. The van der Waals surface area contributed by atoms with E-state index in [1.54, 1.807) is 0 Å². The van der Waals surface area contributed by atoms with Crippen molar-refractivity contribution in [2.24, 2.45) is 17.8 Å². The van der Waals surface area contributed by atoms with Crippen LogP contribution in [0.25, 0.3) is 0 Å². The second kappa shape index (κ2) is 11.7. The second-order valence-corrected chi connectivity index (χ2v) is 10.3. The number of amides is 1. The number of carbonyl (C=O) groups is 2. The van der Waals surface area contributed by atoms with E-state index in [-0.39, 0.29) is 29.6 Å². The maximum atomic E-state index is 14.0. The first-order chi connectivity index (χ1) is 16.6. The van der Waals surface area contributed by atoms with Gasteiger partial charge in [-0.25, -0.2) is 0 Å². The molecular formula is C30H40N2O2. The Bertz CT molecular complexity index is 951. The van der Waals surface area contributed by atoms with Gasteiger partial charge in [0.15, 0.2) is 0 Å². The smallest absolute Gasteiger partial charge is 0.226 e. The van der Waals surface area contributed by atoms with E-state index in [2.05, 4.69) is 53.5 Å². The SMILES string of the molecule is CC[C@@H](C)C(=O)C[C@H](C(=O)N1CCC[C@H]1c1cccc(Nc2ccccc2)c1)C1CCCCC1. The minimum absolute atomic E-state index is 0.0361. The molecule has 2 fully saturated rings. The highest BCUT2D eigenvalue weighted by molar-refractivity contribution is 5.88. The van der Waals surface area contributed by atoms with Crippen molar-refractivity contribution in [2.75, 3.05) is 11.9 Å². The highest BCUT2D eigenvalue weighted by Gasteiger charge is 2.39. The third kappa shape index (κ3) is 5.89. The zero-order valence-corrected chi connectivity index (χ0v) is 20.8. The number of para-hydroxylation sites is 1. The molecule has 1 amide bonds. The summed E-state index contributed by atoms with van der Waals surface area (Å²) < 4.78 is 0. The largest absolute Gasteiger partial charge is 0.356 e. The number of carbonyl (C=O) groups excluding carboxylic acids is 2. The van der Waals surface area contributed by atoms with Crippen LogP contribution in [0.1, 0.15) is 83.2 Å². The molecule has 0 bridgehead atoms. The molecule has 2 aromatic carbocycles. The molecule has 4 heteroatoms. The van der Waals surface area contributed by atoms with E-state index in [1.807, 2.05) is 25.1 Å². The van der Waals surface area contributed by atoms with Crippen LogP contribution in [0.15, 0.2) is 54.6 Å². The average molecular weight is 461 g/mol. The van der Waals surface area contributed by atoms with Gasteiger partial charge in [0.1, 0.15) is 5.78 Å². The van der Waals surface area contributed by atoms with Gasteiger partial charge in [0.25, 0.3) is 0 Å². The van der Waals surface area contributed by atoms with Crippen molar-refractivity contribution in [1.29, 1.82) is 0 Å². The van der Waals surface area contributed by atoms with E-state index < -0.39 is 0 Å². The Morgan fingerprint density at radius 2 is 1.68 bits per heavy atom. The summed E-state index contributed by atoms with van der Waals surface area (Å²) in [4.78, 5) is 29.0. The van der Waals surface area contributed by atoms with Crippen LogP contribution in [0.4, 0.5) is 11.4 Å². The van der Waals surface area contributed by atoms with Crippen LogP contribution in [-0.2, 0) is 9.59 Å². The minimum Gasteiger partial charge on any atom is -0.356 e. The molecule has 0 unspecified atom stereocenters. The molecule has 1 N–H and O–H groups in total. The number of rotatable bonds is 9. The quantitative estimate of drug-likeness (QED) is 0.427. The van der Waals surface area contributed by atoms with Crippen LogP contribution in [0.3, 0.4) is 0 Å². The normalized spacial score (nSPS) is 20.6. The van der Waals surface area contributed by atoms with Gasteiger partial charge in [-0.3, -0.25) is 9.59 Å². The summed E-state index contributed by atoms with van der Waals surface area (Å²) in [6, 6.07) is 18.7. The summed E-state index contributed by atoms with van der Waals surface area (Å²) >= 11 is 0. The molecule has 1 saturated heterocycles. The Morgan fingerprint density at radius 1 is 0.941 bits per heavy atom. The maximum Gasteiger partial charge on any atom is 0.226 e. The standard InChI is InChI=1S/C30H40N2O2/c1-3-22(2)29(33)21-27(23-12-6-4-7-13-23)30(34)32-19-11-18-28(32)24-14-10-17-26(20-24)31-25-15-8-5-9-16-25/h5,8-10,14-17,20,22-23,27-28,31H,3-4,6-7,11-13,18-19,21H2,1-2H3/t22-,27+,28+/m1/s1. The Balaban J connectivity index is 1.53. The number of nitrogens with one attached hydrogen (secondary N) is 1. The third-order valence-corrected chi connectivity index (χ3v) is 7.99. The van der Waals surface area contributed by atoms with Gasteiger partial charge in [-0.2, -0.15) is 0 Å². The first kappa shape index (κ1) is 24.5. The lowest BCUT2D eigenvalue weighted by Gasteiger charge is -2.35. The van der Waals surface area contributed by atoms with Gasteiger partial charge in [0.05, 0.1) is 6.04 Å². The molecule has 1 heterocycles. The Hall–Kier alpha value is -2.62. The molecule has 34 heavy (non-hydrogen) atoms. The number of benzene rings is 2. The van der Waals surface area contributed by atoms with Gasteiger partial charge in [0, 0.05) is 36.2 Å². The van der Waals surface area contributed by atoms with Crippen molar-refractivity contribution in [3.63, 3.8) is 0 Å². The van der Waals surface area contributed by atoms with Crippen LogP contribution < -0.4 is 5.32 Å². The first-order valence-corrected chi connectivity index (χ1v) is 13.3. The molecule has 4 nitrogen and oxygen atoms in total. The Labute approximate surface area is 205 Å². The van der Waals surface area contributed by atoms with Gasteiger partial charge >= 0.3 is 0 Å². The predicted octanol–water partition coefficient (Wildman–Crippen LogP) is 7.30. The number of likely N-dealkylation sites (tertiary alicyclic amines) is 1. The lowest BCUT2D eigenvalue weighted by atomic mass is 9.76. The molecule has 0 aromatic heterocycles. The molecule has 1 aliphatic carbocycles. The number of hydrogen-bond acceptors (Lipinski definition) is 3. The van der Waals surface area contributed by atoms with Crippen LogP contribution in [-0.4, -0.2) is 23.1 Å². The van der Waals surface area contributed by atoms with Gasteiger partial charge in [-0.05, 0) is 67.9 Å². The van der Waals surface area contributed by atoms with Crippen molar-refractivity contribution in [3.05, 3.63) is 60.2 Å². The van der Waals surface area contributed by atoms with E-state index in [4.69, 9.17) is 0 Å². The molecule has 0 spiro atoms. The molecule has 2 aliphatic rings. The fraction of sp³-hybridized carbons (Fsp3) is 0.533. The number of anilines is 2. The molecule has 2 aromatic rings. The molecule has 182 valence electrons. The summed E-state index contributed by atoms with van der Waals surface area (Å²) in [5.41, 5.74) is 3.28. The number of Topliss-reactive ketones (excluding diaryl/α,β-unsaturated/α-hetero) is 1. The monoisotopic (exact) mass is 460 g/mol. The summed E-state index contributed by atoms with van der Waals surface area (Å²) in [5.74, 6) is 0.701. The van der Waals surface area contributed by atoms with Crippen LogP contribution in [0.5, 0.6) is 0 Å². The zero-order chi connectivity index (χ0) is 23.9. The predicted molar refractivity (Wildman–Crippen MR) is 139 cm³/mol. The van der Waals surface area contributed by atoms with Gasteiger partial charge < -0.3 is 10.2 Å². The average Bonchev–Trinajstić information content (AvgIpc) is 3.38. The Kier molecular flexibility index (Phi) is 8.42. The third-order valence-electron chi connectivity index (χ3n) is 7.99. The zero-order valence-electron chi connectivity index (χ0n) is 20.8. The first-order valence-electron chi connectivity index (χ1n) is 13.3. The van der Waals surface area contributed by atoms with Crippen LogP contribution >= 0.6 is 0 Å². The number of hydrogen-bond donors (Lipinski definition) is 1. The van der Waals surface area contributed by atoms with E-state index in [9.17, 15) is 9.59 Å². The summed E-state index contributed by atoms with van der Waals surface area (Å²) in [6.45, 7) is 4.86. The van der Waals surface area contributed by atoms with E-state index >= 15 is 0 Å². The molecule has 3 atom stereocenters. The fourth-order valence-electron chi connectivity index (χ4n) is 5.74. The Morgan fingerprint density at radius 3 is 2.41 bits per heavy atom. The highest BCUT2D eigenvalue weighted by atomic mass is 16.2. The molecule has 1 aliphatic heterocycles. The lowest BCUT2D eigenvalue weighted by molar-refractivity contribution is -0.142. The van der Waals surface area contributed by atoms with E-state index in [1.165, 1.54) is 24.8 Å². The highest BCUT2D eigenvalue weighted by Crippen LogP contribution is 2.39. The molecule has 1 saturated carbocycles. The van der Waals surface area contributed by atoms with Crippen LogP contribution in [0, 0.1) is 17.8 Å². The van der Waals surface area contributed by atoms with Crippen molar-refractivity contribution in [3.8, 4) is 0 Å². The van der Waals surface area contributed by atoms with E-state index in [0.717, 1.165) is 50.0 Å².